The zero-order valence-corrected chi connectivity index (χ0v) is 16.7. The Hall–Kier alpha value is -3.26. The molecule has 0 saturated carbocycles. The van der Waals surface area contributed by atoms with Gasteiger partial charge < -0.3 is 14.6 Å². The summed E-state index contributed by atoms with van der Waals surface area (Å²) in [5.41, 5.74) is 0.529. The number of carbonyl (C=O) groups excluding carboxylic acids is 1. The number of hydrogen-bond donors (Lipinski definition) is 1. The number of fused-ring (bicyclic) bond motifs is 1. The molecule has 2 heterocycles. The van der Waals surface area contributed by atoms with Crippen molar-refractivity contribution in [3.8, 4) is 5.75 Å². The van der Waals surface area contributed by atoms with Crippen LogP contribution in [0.4, 0.5) is 4.39 Å². The lowest BCUT2D eigenvalue weighted by Gasteiger charge is -2.35. The van der Waals surface area contributed by atoms with Gasteiger partial charge in [-0.2, -0.15) is 0 Å². The summed E-state index contributed by atoms with van der Waals surface area (Å²) in [7, 11) is 0. The molecule has 30 heavy (non-hydrogen) atoms. The Balaban J connectivity index is 1.33. The van der Waals surface area contributed by atoms with E-state index >= 15 is 0 Å². The Bertz CT molecular complexity index is 1110. The average Bonchev–Trinajstić information content (AvgIpc) is 2.74. The van der Waals surface area contributed by atoms with Gasteiger partial charge in [0.05, 0.1) is 17.4 Å². The summed E-state index contributed by atoms with van der Waals surface area (Å²) < 4.78 is 18.9. The Morgan fingerprint density at radius 1 is 1.17 bits per heavy atom. The van der Waals surface area contributed by atoms with Crippen molar-refractivity contribution < 1.29 is 13.9 Å². The lowest BCUT2D eigenvalue weighted by atomic mass is 10.2. The summed E-state index contributed by atoms with van der Waals surface area (Å²) in [6.07, 6.45) is -0.697. The molecule has 0 radical (unpaired) electrons. The van der Waals surface area contributed by atoms with Crippen LogP contribution in [0.1, 0.15) is 12.7 Å². The van der Waals surface area contributed by atoms with E-state index in [0.717, 1.165) is 0 Å². The fourth-order valence-corrected chi connectivity index (χ4v) is 3.60. The van der Waals surface area contributed by atoms with Crippen LogP contribution in [-0.4, -0.2) is 58.0 Å². The average molecular weight is 410 g/mol. The molecule has 156 valence electrons. The molecule has 1 aliphatic heterocycles. The van der Waals surface area contributed by atoms with Gasteiger partial charge in [0.1, 0.15) is 17.4 Å². The number of aromatic nitrogens is 2. The van der Waals surface area contributed by atoms with Crippen LogP contribution < -0.4 is 10.3 Å². The third-order valence-electron chi connectivity index (χ3n) is 5.18. The molecule has 1 saturated heterocycles. The van der Waals surface area contributed by atoms with Crippen molar-refractivity contribution in [3.05, 3.63) is 70.5 Å². The third kappa shape index (κ3) is 4.49. The number of hydrogen-bond acceptors (Lipinski definition) is 5. The van der Waals surface area contributed by atoms with Gasteiger partial charge in [-0.25, -0.2) is 9.37 Å². The smallest absolute Gasteiger partial charge is 0.263 e. The van der Waals surface area contributed by atoms with E-state index in [1.165, 1.54) is 12.1 Å². The molecule has 1 unspecified atom stereocenters. The maximum atomic E-state index is 13.3. The summed E-state index contributed by atoms with van der Waals surface area (Å²) in [5.74, 6) is 0.416. The normalized spacial score (nSPS) is 15.9. The first-order valence-corrected chi connectivity index (χ1v) is 9.91. The summed E-state index contributed by atoms with van der Waals surface area (Å²) >= 11 is 0. The van der Waals surface area contributed by atoms with Gasteiger partial charge in [-0.05, 0) is 31.2 Å². The number of rotatable bonds is 5. The molecule has 1 aromatic heterocycles. The number of ether oxygens (including phenoxy) is 1. The van der Waals surface area contributed by atoms with Crippen LogP contribution in [0.15, 0.2) is 53.3 Å². The third-order valence-corrected chi connectivity index (χ3v) is 5.18. The predicted octanol–water partition coefficient (Wildman–Crippen LogP) is 2.17. The molecule has 2 aromatic carbocycles. The molecule has 1 fully saturated rings. The second-order valence-corrected chi connectivity index (χ2v) is 7.35. The van der Waals surface area contributed by atoms with E-state index in [2.05, 4.69) is 14.9 Å². The van der Waals surface area contributed by atoms with Crippen LogP contribution in [0.25, 0.3) is 10.9 Å². The van der Waals surface area contributed by atoms with Crippen molar-refractivity contribution in [1.82, 2.24) is 19.8 Å². The summed E-state index contributed by atoms with van der Waals surface area (Å²) in [5, 5.41) is 0.573. The van der Waals surface area contributed by atoms with Gasteiger partial charge in [-0.3, -0.25) is 14.5 Å². The van der Waals surface area contributed by atoms with E-state index in [-0.39, 0.29) is 11.5 Å². The molecule has 0 bridgehead atoms. The molecule has 3 aromatic rings. The molecule has 4 rings (SSSR count). The number of H-pyrrole nitrogens is 1. The minimum absolute atomic E-state index is 0.129. The largest absolute Gasteiger partial charge is 0.481 e. The van der Waals surface area contributed by atoms with Crippen molar-refractivity contribution in [2.45, 2.75) is 19.6 Å². The van der Waals surface area contributed by atoms with Gasteiger partial charge in [0.15, 0.2) is 6.10 Å². The maximum Gasteiger partial charge on any atom is 0.263 e. The lowest BCUT2D eigenvalue weighted by molar-refractivity contribution is -0.139. The van der Waals surface area contributed by atoms with Crippen molar-refractivity contribution in [2.75, 3.05) is 26.2 Å². The van der Waals surface area contributed by atoms with Gasteiger partial charge in [-0.15, -0.1) is 0 Å². The van der Waals surface area contributed by atoms with Gasteiger partial charge in [0.25, 0.3) is 11.5 Å². The first kappa shape index (κ1) is 20.0. The van der Waals surface area contributed by atoms with Gasteiger partial charge in [0, 0.05) is 32.2 Å². The predicted molar refractivity (Wildman–Crippen MR) is 111 cm³/mol. The fourth-order valence-electron chi connectivity index (χ4n) is 3.60. The monoisotopic (exact) mass is 410 g/mol. The molecule has 0 aliphatic carbocycles. The van der Waals surface area contributed by atoms with E-state index in [0.29, 0.717) is 55.2 Å². The Kier molecular flexibility index (Phi) is 5.76. The zero-order chi connectivity index (χ0) is 21.1. The first-order valence-electron chi connectivity index (χ1n) is 9.91. The second-order valence-electron chi connectivity index (χ2n) is 7.35. The van der Waals surface area contributed by atoms with Crippen LogP contribution in [0.2, 0.25) is 0 Å². The van der Waals surface area contributed by atoms with Gasteiger partial charge >= 0.3 is 0 Å². The Morgan fingerprint density at radius 3 is 2.70 bits per heavy atom. The van der Waals surface area contributed by atoms with Crippen LogP contribution in [0.5, 0.6) is 5.75 Å². The SMILES string of the molecule is CC(Oc1cccc(F)c1)C(=O)N1CCN(Cc2nc3ccccc3c(=O)[nH]2)CC1. The zero-order valence-electron chi connectivity index (χ0n) is 16.7. The van der Waals surface area contributed by atoms with Crippen LogP contribution in [0, 0.1) is 5.82 Å². The van der Waals surface area contributed by atoms with Crippen molar-refractivity contribution in [3.63, 3.8) is 0 Å². The summed E-state index contributed by atoms with van der Waals surface area (Å²) in [4.78, 5) is 36.2. The number of carbonyl (C=O) groups is 1. The van der Waals surface area contributed by atoms with E-state index in [1.54, 1.807) is 30.0 Å². The standard InChI is InChI=1S/C22H23FN4O3/c1-15(30-17-6-4-5-16(23)13-17)22(29)27-11-9-26(10-12-27)14-20-24-19-8-3-2-7-18(19)21(28)25-20/h2-8,13,15H,9-12,14H2,1H3,(H,24,25,28). The van der Waals surface area contributed by atoms with Crippen molar-refractivity contribution in [1.29, 1.82) is 0 Å². The quantitative estimate of drug-likeness (QED) is 0.698. The molecule has 7 nitrogen and oxygen atoms in total. The minimum atomic E-state index is -0.697. The van der Waals surface area contributed by atoms with Gasteiger partial charge in [-0.1, -0.05) is 18.2 Å². The Morgan fingerprint density at radius 2 is 1.93 bits per heavy atom. The molecular weight excluding hydrogens is 387 g/mol. The molecular formula is C22H23FN4O3. The first-order chi connectivity index (χ1) is 14.5. The fraction of sp³-hybridized carbons (Fsp3) is 0.318. The summed E-state index contributed by atoms with van der Waals surface area (Å²) in [6, 6.07) is 13.0. The highest BCUT2D eigenvalue weighted by molar-refractivity contribution is 5.81. The molecule has 1 N–H and O–H groups in total. The number of nitrogens with one attached hydrogen (secondary N) is 1. The van der Waals surface area contributed by atoms with Crippen LogP contribution in [-0.2, 0) is 11.3 Å². The lowest BCUT2D eigenvalue weighted by Crippen LogP contribution is -2.51. The number of aromatic amines is 1. The molecule has 8 heteroatoms. The highest BCUT2D eigenvalue weighted by Gasteiger charge is 2.26. The number of halogens is 1. The van der Waals surface area contributed by atoms with Crippen LogP contribution in [0.3, 0.4) is 0 Å². The van der Waals surface area contributed by atoms with Crippen molar-refractivity contribution >= 4 is 16.8 Å². The Labute approximate surface area is 173 Å². The number of nitrogens with zero attached hydrogens (tertiary/aromatic N) is 3. The summed E-state index contributed by atoms with van der Waals surface area (Å²) in [6.45, 7) is 4.60. The number of piperazine rings is 1. The van der Waals surface area contributed by atoms with E-state index in [4.69, 9.17) is 4.74 Å². The van der Waals surface area contributed by atoms with E-state index in [1.807, 2.05) is 18.2 Å². The minimum Gasteiger partial charge on any atom is -0.481 e. The maximum absolute atomic E-state index is 13.3. The molecule has 0 spiro atoms. The van der Waals surface area contributed by atoms with Gasteiger partial charge in [0.2, 0.25) is 0 Å². The highest BCUT2D eigenvalue weighted by atomic mass is 19.1. The van der Waals surface area contributed by atoms with Crippen LogP contribution >= 0.6 is 0 Å². The molecule has 1 aliphatic rings. The van der Waals surface area contributed by atoms with Crippen molar-refractivity contribution in [2.24, 2.45) is 0 Å². The highest BCUT2D eigenvalue weighted by Crippen LogP contribution is 2.16. The second kappa shape index (κ2) is 8.62. The molecule has 1 amide bonds. The topological polar surface area (TPSA) is 78.5 Å². The van der Waals surface area contributed by atoms with E-state index < -0.39 is 11.9 Å². The molecule has 1 atom stereocenters. The van der Waals surface area contributed by atoms with E-state index in [9.17, 15) is 14.0 Å². The number of amides is 1. The number of benzene rings is 2. The number of para-hydroxylation sites is 1.